The monoisotopic (exact) mass is 321 g/mol. The first-order valence-corrected chi connectivity index (χ1v) is 7.11. The molecule has 8 nitrogen and oxygen atoms in total. The minimum atomic E-state index is -1.11. The summed E-state index contributed by atoms with van der Waals surface area (Å²) in [6, 6.07) is 6.40. The first kappa shape index (κ1) is 15.2. The maximum atomic E-state index is 13.7. The number of nitrogens with zero attached hydrogens (tertiary/aromatic N) is 4. The fourth-order valence-electron chi connectivity index (χ4n) is 2.53. The highest BCUT2D eigenvalue weighted by Gasteiger charge is 2.38. The molecule has 1 aromatic carbocycles. The molecule has 1 aliphatic rings. The number of carbonyl (C=O) groups is 1. The predicted molar refractivity (Wildman–Crippen MR) is 76.6 cm³/mol. The summed E-state index contributed by atoms with van der Waals surface area (Å²) >= 11 is 0. The van der Waals surface area contributed by atoms with E-state index < -0.39 is 12.2 Å². The van der Waals surface area contributed by atoms with Crippen molar-refractivity contribution >= 4 is 5.91 Å². The second kappa shape index (κ2) is 6.59. The molecule has 1 aliphatic heterocycles. The van der Waals surface area contributed by atoms with Crippen molar-refractivity contribution in [1.29, 1.82) is 0 Å². The van der Waals surface area contributed by atoms with Gasteiger partial charge in [-0.25, -0.2) is 4.39 Å². The van der Waals surface area contributed by atoms with Crippen LogP contribution in [0.4, 0.5) is 4.39 Å². The van der Waals surface area contributed by atoms with E-state index in [1.807, 2.05) is 0 Å². The van der Waals surface area contributed by atoms with E-state index >= 15 is 0 Å². The molecule has 2 atom stereocenters. The number of alkyl halides is 1. The minimum absolute atomic E-state index is 0.000485. The highest BCUT2D eigenvalue weighted by atomic mass is 19.1. The Labute approximate surface area is 131 Å². The first-order chi connectivity index (χ1) is 11.2. The zero-order valence-corrected chi connectivity index (χ0v) is 12.5. The lowest BCUT2D eigenvalue weighted by Crippen LogP contribution is -2.35. The number of rotatable bonds is 5. The standard InChI is InChI=1S/C14H16FN5O3/c1-22-10-3-2-4-11(6-10)23-8-13(21)20-7-9(15)5-12(20)14-16-18-19-17-14/h2-4,6,9,12H,5,7-8H2,1H3,(H,16,17,18,19). The molecule has 1 amide bonds. The third-order valence-electron chi connectivity index (χ3n) is 3.63. The lowest BCUT2D eigenvalue weighted by molar-refractivity contribution is -0.134. The van der Waals surface area contributed by atoms with Gasteiger partial charge in [-0.3, -0.25) is 4.79 Å². The number of H-pyrrole nitrogens is 1. The number of benzene rings is 1. The van der Waals surface area contributed by atoms with Gasteiger partial charge in [0.05, 0.1) is 19.7 Å². The zero-order valence-electron chi connectivity index (χ0n) is 12.5. The van der Waals surface area contributed by atoms with E-state index in [2.05, 4.69) is 20.6 Å². The van der Waals surface area contributed by atoms with E-state index in [1.54, 1.807) is 31.4 Å². The molecule has 1 N–H and O–H groups in total. The van der Waals surface area contributed by atoms with E-state index in [0.29, 0.717) is 17.3 Å². The van der Waals surface area contributed by atoms with Crippen LogP contribution >= 0.6 is 0 Å². The van der Waals surface area contributed by atoms with Gasteiger partial charge in [-0.05, 0) is 12.1 Å². The summed E-state index contributed by atoms with van der Waals surface area (Å²) < 4.78 is 24.3. The fraction of sp³-hybridized carbons (Fsp3) is 0.429. The number of nitrogens with one attached hydrogen (secondary N) is 1. The van der Waals surface area contributed by atoms with Crippen molar-refractivity contribution in [2.24, 2.45) is 0 Å². The van der Waals surface area contributed by atoms with Crippen molar-refractivity contribution in [1.82, 2.24) is 25.5 Å². The number of tetrazole rings is 1. The number of aromatic nitrogens is 4. The van der Waals surface area contributed by atoms with Crippen LogP contribution in [0.15, 0.2) is 24.3 Å². The lowest BCUT2D eigenvalue weighted by Gasteiger charge is -2.21. The van der Waals surface area contributed by atoms with Gasteiger partial charge in [0.2, 0.25) is 0 Å². The van der Waals surface area contributed by atoms with Crippen LogP contribution in [0, 0.1) is 0 Å². The van der Waals surface area contributed by atoms with Crippen LogP contribution in [0.1, 0.15) is 18.3 Å². The summed E-state index contributed by atoms with van der Waals surface area (Å²) in [6.45, 7) is -0.201. The Morgan fingerprint density at radius 1 is 1.48 bits per heavy atom. The van der Waals surface area contributed by atoms with Gasteiger partial charge in [0, 0.05) is 12.5 Å². The van der Waals surface area contributed by atoms with Gasteiger partial charge in [0.25, 0.3) is 5.91 Å². The maximum Gasteiger partial charge on any atom is 0.261 e. The highest BCUT2D eigenvalue weighted by Crippen LogP contribution is 2.31. The molecule has 0 spiro atoms. The second-order valence-corrected chi connectivity index (χ2v) is 5.13. The Balaban J connectivity index is 1.64. The normalized spacial score (nSPS) is 20.5. The van der Waals surface area contributed by atoms with E-state index in [1.165, 1.54) is 4.90 Å². The molecule has 0 saturated carbocycles. The first-order valence-electron chi connectivity index (χ1n) is 7.11. The SMILES string of the molecule is COc1cccc(OCC(=O)N2CC(F)CC2c2nn[nH]n2)c1. The number of carbonyl (C=O) groups excluding carboxylic acids is 1. The van der Waals surface area contributed by atoms with E-state index in [-0.39, 0.29) is 25.5 Å². The van der Waals surface area contributed by atoms with Crippen LogP contribution in [-0.4, -0.2) is 57.9 Å². The number of aromatic amines is 1. The van der Waals surface area contributed by atoms with Gasteiger partial charge >= 0.3 is 0 Å². The molecule has 1 fully saturated rings. The van der Waals surface area contributed by atoms with Crippen molar-refractivity contribution in [3.05, 3.63) is 30.1 Å². The molecule has 9 heteroatoms. The molecule has 0 radical (unpaired) electrons. The van der Waals surface area contributed by atoms with E-state index in [4.69, 9.17) is 9.47 Å². The molecule has 1 saturated heterocycles. The topological polar surface area (TPSA) is 93.2 Å². The van der Waals surface area contributed by atoms with Crippen molar-refractivity contribution in [3.8, 4) is 11.5 Å². The summed E-state index contributed by atoms with van der Waals surface area (Å²) in [6.07, 6.45) is -0.955. The van der Waals surface area contributed by atoms with E-state index in [9.17, 15) is 9.18 Å². The largest absolute Gasteiger partial charge is 0.497 e. The van der Waals surface area contributed by atoms with Gasteiger partial charge in [-0.2, -0.15) is 5.21 Å². The number of hydrogen-bond acceptors (Lipinski definition) is 6. The summed E-state index contributed by atoms with van der Waals surface area (Å²) in [5.74, 6) is 1.11. The Morgan fingerprint density at radius 3 is 3.04 bits per heavy atom. The van der Waals surface area contributed by atoms with Crippen LogP contribution in [0.2, 0.25) is 0 Å². The highest BCUT2D eigenvalue weighted by molar-refractivity contribution is 5.78. The third-order valence-corrected chi connectivity index (χ3v) is 3.63. The molecular weight excluding hydrogens is 305 g/mol. The number of likely N-dealkylation sites (tertiary alicyclic amines) is 1. The summed E-state index contributed by atoms with van der Waals surface area (Å²) in [5, 5.41) is 13.5. The maximum absolute atomic E-state index is 13.7. The molecule has 3 rings (SSSR count). The fourth-order valence-corrected chi connectivity index (χ4v) is 2.53. The molecule has 1 aromatic heterocycles. The Kier molecular flexibility index (Phi) is 4.35. The Morgan fingerprint density at radius 2 is 2.30 bits per heavy atom. The van der Waals surface area contributed by atoms with Gasteiger partial charge < -0.3 is 14.4 Å². The smallest absolute Gasteiger partial charge is 0.261 e. The van der Waals surface area contributed by atoms with Crippen LogP contribution in [-0.2, 0) is 4.79 Å². The molecule has 2 aromatic rings. The number of amides is 1. The lowest BCUT2D eigenvalue weighted by atomic mass is 10.2. The minimum Gasteiger partial charge on any atom is -0.497 e. The van der Waals surface area contributed by atoms with Crippen LogP contribution < -0.4 is 9.47 Å². The van der Waals surface area contributed by atoms with Gasteiger partial charge in [0.15, 0.2) is 12.4 Å². The number of methoxy groups -OCH3 is 1. The molecule has 2 heterocycles. The number of hydrogen-bond donors (Lipinski definition) is 1. The van der Waals surface area contributed by atoms with Crippen LogP contribution in [0.5, 0.6) is 11.5 Å². The van der Waals surface area contributed by atoms with Crippen LogP contribution in [0.25, 0.3) is 0 Å². The third kappa shape index (κ3) is 3.38. The van der Waals surface area contributed by atoms with Gasteiger partial charge in [0.1, 0.15) is 17.7 Å². The van der Waals surface area contributed by atoms with Crippen molar-refractivity contribution in [2.75, 3.05) is 20.3 Å². The molecular formula is C14H16FN5O3. The summed E-state index contributed by atoms with van der Waals surface area (Å²) in [5.41, 5.74) is 0. The molecule has 23 heavy (non-hydrogen) atoms. The van der Waals surface area contributed by atoms with Crippen LogP contribution in [0.3, 0.4) is 0 Å². The zero-order chi connectivity index (χ0) is 16.2. The number of halogens is 1. The predicted octanol–water partition coefficient (Wildman–Crippen LogP) is 0.899. The Hall–Kier alpha value is -2.71. The molecule has 0 aliphatic carbocycles. The molecule has 2 unspecified atom stereocenters. The number of ether oxygens (including phenoxy) is 2. The Bertz CT molecular complexity index is 666. The summed E-state index contributed by atoms with van der Waals surface area (Å²) in [7, 11) is 1.55. The van der Waals surface area contributed by atoms with Gasteiger partial charge in [-0.15, -0.1) is 10.2 Å². The van der Waals surface area contributed by atoms with Crippen molar-refractivity contribution in [3.63, 3.8) is 0 Å². The summed E-state index contributed by atoms with van der Waals surface area (Å²) in [4.78, 5) is 13.7. The van der Waals surface area contributed by atoms with E-state index in [0.717, 1.165) is 0 Å². The molecule has 0 bridgehead atoms. The quantitative estimate of drug-likeness (QED) is 0.879. The van der Waals surface area contributed by atoms with Gasteiger partial charge in [-0.1, -0.05) is 11.3 Å². The average Bonchev–Trinajstić information content (AvgIpc) is 3.22. The molecule has 122 valence electrons. The van der Waals surface area contributed by atoms with Crippen molar-refractivity contribution < 1.29 is 18.7 Å². The average molecular weight is 321 g/mol. The van der Waals surface area contributed by atoms with Crippen molar-refractivity contribution in [2.45, 2.75) is 18.6 Å². The second-order valence-electron chi connectivity index (χ2n) is 5.13.